The van der Waals surface area contributed by atoms with E-state index in [4.69, 9.17) is 4.42 Å². The first-order chi connectivity index (χ1) is 15.2. The maximum Gasteiger partial charge on any atom is 0.289 e. The fourth-order valence-electron chi connectivity index (χ4n) is 4.65. The Morgan fingerprint density at radius 3 is 2.65 bits per heavy atom. The lowest BCUT2D eigenvalue weighted by molar-refractivity contribution is -0.126. The minimum Gasteiger partial charge on any atom is -0.459 e. The van der Waals surface area contributed by atoms with Gasteiger partial charge in [-0.1, -0.05) is 24.6 Å². The van der Waals surface area contributed by atoms with Crippen molar-refractivity contribution in [3.05, 3.63) is 30.0 Å². The highest BCUT2D eigenvalue weighted by molar-refractivity contribution is 7.98. The number of furan rings is 1. The van der Waals surface area contributed by atoms with Gasteiger partial charge in [0.1, 0.15) is 5.82 Å². The summed E-state index contributed by atoms with van der Waals surface area (Å²) in [5.74, 6) is 1.35. The molecular formula is C22H31N5O3S. The zero-order valence-electron chi connectivity index (χ0n) is 18.1. The second kappa shape index (κ2) is 10.3. The number of amides is 2. The SMILES string of the molecule is CSc1nnc(CCCNC(=O)C2CCN(C(=O)c3ccco3)CC2)n1C1CCCC1. The molecule has 8 nitrogen and oxygen atoms in total. The zero-order valence-corrected chi connectivity index (χ0v) is 18.9. The van der Waals surface area contributed by atoms with Crippen LogP contribution in [0.2, 0.25) is 0 Å². The molecule has 0 atom stereocenters. The second-order valence-electron chi connectivity index (χ2n) is 8.35. The van der Waals surface area contributed by atoms with Crippen LogP contribution in [0.3, 0.4) is 0 Å². The quantitative estimate of drug-likeness (QED) is 0.495. The molecule has 4 rings (SSSR count). The van der Waals surface area contributed by atoms with Crippen LogP contribution >= 0.6 is 11.8 Å². The molecule has 31 heavy (non-hydrogen) atoms. The average Bonchev–Trinajstić information content (AvgIpc) is 3.57. The van der Waals surface area contributed by atoms with E-state index in [2.05, 4.69) is 20.1 Å². The molecule has 2 aromatic heterocycles. The Kier molecular flexibility index (Phi) is 7.32. The molecule has 1 aliphatic heterocycles. The summed E-state index contributed by atoms with van der Waals surface area (Å²) in [6, 6.07) is 3.92. The van der Waals surface area contributed by atoms with E-state index in [1.165, 1.54) is 31.9 Å². The van der Waals surface area contributed by atoms with Gasteiger partial charge in [0.15, 0.2) is 10.9 Å². The summed E-state index contributed by atoms with van der Waals surface area (Å²) in [4.78, 5) is 26.7. The molecule has 1 aliphatic carbocycles. The fourth-order valence-corrected chi connectivity index (χ4v) is 5.22. The van der Waals surface area contributed by atoms with Gasteiger partial charge in [0.25, 0.3) is 5.91 Å². The van der Waals surface area contributed by atoms with Gasteiger partial charge in [-0.2, -0.15) is 0 Å². The lowest BCUT2D eigenvalue weighted by atomic mass is 9.95. The standard InChI is InChI=1S/C22H31N5O3S/c1-31-22-25-24-19(27(22)17-6-2-3-7-17)9-4-12-23-20(28)16-10-13-26(14-11-16)21(29)18-8-5-15-30-18/h5,8,15-17H,2-4,6-7,9-14H2,1H3,(H,23,28). The summed E-state index contributed by atoms with van der Waals surface area (Å²) < 4.78 is 7.52. The number of aryl methyl sites for hydroxylation is 1. The summed E-state index contributed by atoms with van der Waals surface area (Å²) in [7, 11) is 0. The number of likely N-dealkylation sites (tertiary alicyclic amines) is 1. The van der Waals surface area contributed by atoms with Crippen molar-refractivity contribution in [2.75, 3.05) is 25.9 Å². The Labute approximate surface area is 187 Å². The van der Waals surface area contributed by atoms with Crippen molar-refractivity contribution in [1.29, 1.82) is 0 Å². The van der Waals surface area contributed by atoms with Gasteiger partial charge in [0.05, 0.1) is 6.26 Å². The maximum absolute atomic E-state index is 12.6. The highest BCUT2D eigenvalue weighted by atomic mass is 32.2. The van der Waals surface area contributed by atoms with Gasteiger partial charge >= 0.3 is 0 Å². The minimum absolute atomic E-state index is 0.0362. The van der Waals surface area contributed by atoms with E-state index in [1.54, 1.807) is 28.8 Å². The number of thioether (sulfide) groups is 1. The maximum atomic E-state index is 12.6. The van der Waals surface area contributed by atoms with Gasteiger partial charge in [-0.05, 0) is 50.5 Å². The van der Waals surface area contributed by atoms with E-state index in [1.807, 2.05) is 6.26 Å². The predicted octanol–water partition coefficient (Wildman–Crippen LogP) is 3.31. The first-order valence-corrected chi connectivity index (χ1v) is 12.5. The van der Waals surface area contributed by atoms with Crippen LogP contribution in [0.25, 0.3) is 0 Å². The van der Waals surface area contributed by atoms with Crippen molar-refractivity contribution in [1.82, 2.24) is 25.0 Å². The number of nitrogens with one attached hydrogen (secondary N) is 1. The molecule has 0 radical (unpaired) electrons. The summed E-state index contributed by atoms with van der Waals surface area (Å²) in [5.41, 5.74) is 0. The number of carbonyl (C=O) groups excluding carboxylic acids is 2. The van der Waals surface area contributed by atoms with Gasteiger partial charge in [0, 0.05) is 38.0 Å². The van der Waals surface area contributed by atoms with Crippen molar-refractivity contribution in [2.45, 2.75) is 62.6 Å². The number of hydrogen-bond acceptors (Lipinski definition) is 6. The molecule has 2 aliphatic rings. The third-order valence-electron chi connectivity index (χ3n) is 6.37. The van der Waals surface area contributed by atoms with Gasteiger partial charge in [-0.15, -0.1) is 10.2 Å². The van der Waals surface area contributed by atoms with Crippen molar-refractivity contribution in [2.24, 2.45) is 5.92 Å². The van der Waals surface area contributed by atoms with Crippen LogP contribution in [0.15, 0.2) is 28.0 Å². The Bertz CT molecular complexity index is 868. The van der Waals surface area contributed by atoms with E-state index in [-0.39, 0.29) is 17.7 Å². The van der Waals surface area contributed by atoms with Crippen LogP contribution in [-0.2, 0) is 11.2 Å². The van der Waals surface area contributed by atoms with Crippen LogP contribution < -0.4 is 5.32 Å². The van der Waals surface area contributed by atoms with E-state index in [0.717, 1.165) is 23.8 Å². The minimum atomic E-state index is -0.0974. The molecule has 2 fully saturated rings. The van der Waals surface area contributed by atoms with Crippen molar-refractivity contribution in [3.8, 4) is 0 Å². The Morgan fingerprint density at radius 1 is 1.19 bits per heavy atom. The summed E-state index contributed by atoms with van der Waals surface area (Å²) in [5, 5.41) is 12.9. The average molecular weight is 446 g/mol. The zero-order chi connectivity index (χ0) is 21.6. The molecule has 9 heteroatoms. The number of carbonyl (C=O) groups is 2. The topological polar surface area (TPSA) is 93.3 Å². The van der Waals surface area contributed by atoms with Crippen LogP contribution in [0.5, 0.6) is 0 Å². The number of rotatable bonds is 8. The molecule has 2 amide bonds. The molecule has 3 heterocycles. The molecule has 1 saturated heterocycles. The number of piperidine rings is 1. The molecule has 0 spiro atoms. The number of hydrogen-bond donors (Lipinski definition) is 1. The molecule has 0 aromatic carbocycles. The molecule has 0 bridgehead atoms. The van der Waals surface area contributed by atoms with E-state index >= 15 is 0 Å². The molecule has 1 saturated carbocycles. The van der Waals surface area contributed by atoms with Gasteiger partial charge in [0.2, 0.25) is 5.91 Å². The van der Waals surface area contributed by atoms with E-state index in [0.29, 0.717) is 44.3 Å². The monoisotopic (exact) mass is 445 g/mol. The van der Waals surface area contributed by atoms with Gasteiger partial charge in [-0.25, -0.2) is 0 Å². The van der Waals surface area contributed by atoms with Crippen LogP contribution in [-0.4, -0.2) is 57.4 Å². The lowest BCUT2D eigenvalue weighted by Gasteiger charge is -2.30. The summed E-state index contributed by atoms with van der Waals surface area (Å²) in [6.45, 7) is 1.80. The lowest BCUT2D eigenvalue weighted by Crippen LogP contribution is -2.43. The van der Waals surface area contributed by atoms with E-state index in [9.17, 15) is 9.59 Å². The van der Waals surface area contributed by atoms with Crippen LogP contribution in [0.4, 0.5) is 0 Å². The molecule has 2 aromatic rings. The Hall–Kier alpha value is -2.29. The first-order valence-electron chi connectivity index (χ1n) is 11.3. The highest BCUT2D eigenvalue weighted by Gasteiger charge is 2.28. The molecule has 0 unspecified atom stereocenters. The van der Waals surface area contributed by atoms with Crippen molar-refractivity contribution >= 4 is 23.6 Å². The third-order valence-corrected chi connectivity index (χ3v) is 7.01. The van der Waals surface area contributed by atoms with Crippen molar-refractivity contribution < 1.29 is 14.0 Å². The largest absolute Gasteiger partial charge is 0.459 e. The second-order valence-corrected chi connectivity index (χ2v) is 9.12. The molecule has 168 valence electrons. The van der Waals surface area contributed by atoms with Gasteiger partial charge < -0.3 is 19.2 Å². The van der Waals surface area contributed by atoms with Crippen LogP contribution in [0, 0.1) is 5.92 Å². The highest BCUT2D eigenvalue weighted by Crippen LogP contribution is 2.33. The first kappa shape index (κ1) is 21.9. The van der Waals surface area contributed by atoms with E-state index < -0.39 is 0 Å². The Morgan fingerprint density at radius 2 is 1.97 bits per heavy atom. The van der Waals surface area contributed by atoms with Crippen LogP contribution in [0.1, 0.15) is 67.4 Å². The van der Waals surface area contributed by atoms with Gasteiger partial charge in [-0.3, -0.25) is 9.59 Å². The van der Waals surface area contributed by atoms with Crippen molar-refractivity contribution in [3.63, 3.8) is 0 Å². The Balaban J connectivity index is 1.20. The molecular weight excluding hydrogens is 414 g/mol. The fraction of sp³-hybridized carbons (Fsp3) is 0.636. The number of nitrogens with zero attached hydrogens (tertiary/aromatic N) is 4. The smallest absolute Gasteiger partial charge is 0.289 e. The summed E-state index contributed by atoms with van der Waals surface area (Å²) >= 11 is 1.65. The number of aromatic nitrogens is 3. The summed E-state index contributed by atoms with van der Waals surface area (Å²) in [6.07, 6.45) is 11.6. The third kappa shape index (κ3) is 5.14. The normalized spacial score (nSPS) is 17.9. The molecule has 1 N–H and O–H groups in total. The predicted molar refractivity (Wildman–Crippen MR) is 118 cm³/mol.